The van der Waals surface area contributed by atoms with E-state index in [-0.39, 0.29) is 33.9 Å². The highest BCUT2D eigenvalue weighted by atomic mass is 19.3. The van der Waals surface area contributed by atoms with Crippen LogP contribution in [0.5, 0.6) is 0 Å². The van der Waals surface area contributed by atoms with E-state index in [1.807, 2.05) is 20.8 Å². The predicted molar refractivity (Wildman–Crippen MR) is 110 cm³/mol. The van der Waals surface area contributed by atoms with Crippen LogP contribution in [0.2, 0.25) is 0 Å². The van der Waals surface area contributed by atoms with Gasteiger partial charge in [0.05, 0.1) is 16.6 Å². The molecular weight excluding hydrogens is 404 g/mol. The maximum atomic E-state index is 13.7. The van der Waals surface area contributed by atoms with Crippen LogP contribution in [-0.4, -0.2) is 44.0 Å². The van der Waals surface area contributed by atoms with Crippen molar-refractivity contribution in [2.45, 2.75) is 58.3 Å². The van der Waals surface area contributed by atoms with E-state index in [4.69, 9.17) is 4.52 Å². The number of hydrogen-bond donors (Lipinski definition) is 0. The molecule has 7 nitrogen and oxygen atoms in total. The molecule has 4 heterocycles. The number of amides is 1. The first-order valence-electron chi connectivity index (χ1n) is 10.3. The van der Waals surface area contributed by atoms with Crippen LogP contribution in [0.15, 0.2) is 23.0 Å². The standard InChI is InChI=1S/C22H25F2N5O2/c1-12-17-15(18(23)24)8-16(27-19(17)31-28-12)13-6-5-7-29(11-13)20(30)14-9-25-21(26-10-14)22(2,3)4/h8-10,13,18H,5-7,11H2,1-4H3/t13-/m0/s1. The minimum atomic E-state index is -2.66. The molecule has 3 aromatic heterocycles. The summed E-state index contributed by atoms with van der Waals surface area (Å²) in [5.74, 6) is 0.329. The second-order valence-corrected chi connectivity index (χ2v) is 9.02. The van der Waals surface area contributed by atoms with Crippen LogP contribution < -0.4 is 0 Å². The third kappa shape index (κ3) is 4.13. The molecular formula is C22H25F2N5O2. The van der Waals surface area contributed by atoms with Gasteiger partial charge < -0.3 is 9.42 Å². The molecule has 1 aliphatic rings. The number of hydrogen-bond acceptors (Lipinski definition) is 6. The Labute approximate surface area is 178 Å². The SMILES string of the molecule is Cc1noc2nc([C@H]3CCCN(C(=O)c4cnc(C(C)(C)C)nc4)C3)cc(C(F)F)c12. The van der Waals surface area contributed by atoms with Gasteiger partial charge in [0.15, 0.2) is 0 Å². The third-order valence-electron chi connectivity index (χ3n) is 5.60. The van der Waals surface area contributed by atoms with E-state index in [9.17, 15) is 13.6 Å². The van der Waals surface area contributed by atoms with Gasteiger partial charge in [0.25, 0.3) is 18.0 Å². The Morgan fingerprint density at radius 3 is 2.61 bits per heavy atom. The number of fused-ring (bicyclic) bond motifs is 1. The Bertz CT molecular complexity index is 1110. The molecule has 31 heavy (non-hydrogen) atoms. The second-order valence-electron chi connectivity index (χ2n) is 9.02. The Hall–Kier alpha value is -2.97. The zero-order valence-electron chi connectivity index (χ0n) is 18.0. The molecule has 0 radical (unpaired) electrons. The van der Waals surface area contributed by atoms with Crippen molar-refractivity contribution in [2.75, 3.05) is 13.1 Å². The largest absolute Gasteiger partial charge is 0.338 e. The summed E-state index contributed by atoms with van der Waals surface area (Å²) in [4.78, 5) is 27.8. The molecule has 1 aliphatic heterocycles. The smallest absolute Gasteiger partial charge is 0.264 e. The predicted octanol–water partition coefficient (Wildman–Crippen LogP) is 4.58. The highest BCUT2D eigenvalue weighted by Gasteiger charge is 2.29. The summed E-state index contributed by atoms with van der Waals surface area (Å²) in [5, 5.41) is 4.05. The van der Waals surface area contributed by atoms with E-state index in [1.165, 1.54) is 6.07 Å². The zero-order valence-corrected chi connectivity index (χ0v) is 18.0. The van der Waals surface area contributed by atoms with Crippen LogP contribution >= 0.6 is 0 Å². The molecule has 164 valence electrons. The first-order chi connectivity index (χ1) is 14.6. The summed E-state index contributed by atoms with van der Waals surface area (Å²) in [7, 11) is 0. The van der Waals surface area contributed by atoms with Crippen molar-refractivity contribution in [3.63, 3.8) is 0 Å². The van der Waals surface area contributed by atoms with Gasteiger partial charge in [-0.3, -0.25) is 4.79 Å². The number of pyridine rings is 1. The van der Waals surface area contributed by atoms with E-state index in [2.05, 4.69) is 20.1 Å². The van der Waals surface area contributed by atoms with Crippen molar-refractivity contribution < 1.29 is 18.1 Å². The number of piperidine rings is 1. The Morgan fingerprint density at radius 1 is 1.26 bits per heavy atom. The number of alkyl halides is 2. The monoisotopic (exact) mass is 429 g/mol. The van der Waals surface area contributed by atoms with E-state index in [0.29, 0.717) is 35.9 Å². The second kappa shape index (κ2) is 7.94. The minimum absolute atomic E-state index is 0.111. The molecule has 0 aromatic carbocycles. The first-order valence-corrected chi connectivity index (χ1v) is 10.3. The molecule has 0 spiro atoms. The molecule has 4 rings (SSSR count). The summed E-state index contributed by atoms with van der Waals surface area (Å²) < 4.78 is 32.5. The van der Waals surface area contributed by atoms with E-state index < -0.39 is 6.43 Å². The molecule has 0 aliphatic carbocycles. The topological polar surface area (TPSA) is 85.0 Å². The Balaban J connectivity index is 1.58. The Morgan fingerprint density at radius 2 is 1.97 bits per heavy atom. The van der Waals surface area contributed by atoms with Gasteiger partial charge in [-0.2, -0.15) is 0 Å². The number of carbonyl (C=O) groups is 1. The van der Waals surface area contributed by atoms with E-state index >= 15 is 0 Å². The average molecular weight is 429 g/mol. The van der Waals surface area contributed by atoms with Crippen molar-refractivity contribution in [2.24, 2.45) is 0 Å². The quantitative estimate of drug-likeness (QED) is 0.606. The highest BCUT2D eigenvalue weighted by molar-refractivity contribution is 5.93. The van der Waals surface area contributed by atoms with Crippen LogP contribution in [0.1, 0.15) is 79.1 Å². The molecule has 1 atom stereocenters. The lowest BCUT2D eigenvalue weighted by molar-refractivity contribution is 0.0704. The highest BCUT2D eigenvalue weighted by Crippen LogP contribution is 2.34. The molecule has 0 unspecified atom stereocenters. The molecule has 0 bridgehead atoms. The number of nitrogens with zero attached hydrogens (tertiary/aromatic N) is 5. The van der Waals surface area contributed by atoms with Gasteiger partial charge >= 0.3 is 0 Å². The number of aryl methyl sites for hydroxylation is 1. The lowest BCUT2D eigenvalue weighted by Gasteiger charge is -2.32. The summed E-state index contributed by atoms with van der Waals surface area (Å²) in [6.45, 7) is 8.61. The normalized spacial score (nSPS) is 17.5. The van der Waals surface area contributed by atoms with Crippen LogP contribution in [-0.2, 0) is 5.41 Å². The van der Waals surface area contributed by atoms with E-state index in [1.54, 1.807) is 24.2 Å². The van der Waals surface area contributed by atoms with Crippen LogP contribution in [0.3, 0.4) is 0 Å². The summed E-state index contributed by atoms with van der Waals surface area (Å²) >= 11 is 0. The van der Waals surface area contributed by atoms with Crippen molar-refractivity contribution >= 4 is 17.0 Å². The summed E-state index contributed by atoms with van der Waals surface area (Å²) in [6, 6.07) is 1.43. The average Bonchev–Trinajstić information content (AvgIpc) is 3.13. The number of halogens is 2. The van der Waals surface area contributed by atoms with Gasteiger partial charge in [-0.05, 0) is 25.8 Å². The maximum absolute atomic E-state index is 13.7. The molecule has 9 heteroatoms. The Kier molecular flexibility index (Phi) is 5.45. The molecule has 1 saturated heterocycles. The van der Waals surface area contributed by atoms with Gasteiger partial charge in [0.2, 0.25) is 0 Å². The summed E-state index contributed by atoms with van der Waals surface area (Å²) in [6.07, 6.45) is 1.93. The fourth-order valence-electron chi connectivity index (χ4n) is 3.94. The van der Waals surface area contributed by atoms with Gasteiger partial charge in [-0.25, -0.2) is 23.7 Å². The molecule has 1 amide bonds. The van der Waals surface area contributed by atoms with Crippen molar-refractivity contribution in [3.05, 3.63) is 46.8 Å². The van der Waals surface area contributed by atoms with Crippen molar-refractivity contribution in [1.29, 1.82) is 0 Å². The van der Waals surface area contributed by atoms with Crippen molar-refractivity contribution in [1.82, 2.24) is 25.0 Å². The fraction of sp³-hybridized carbons (Fsp3) is 0.500. The van der Waals surface area contributed by atoms with Crippen molar-refractivity contribution in [3.8, 4) is 0 Å². The molecule has 1 fully saturated rings. The van der Waals surface area contributed by atoms with Crippen LogP contribution in [0.25, 0.3) is 11.1 Å². The summed E-state index contributed by atoms with van der Waals surface area (Å²) in [5.41, 5.74) is 1.08. The van der Waals surface area contributed by atoms with Gasteiger partial charge in [0, 0.05) is 48.1 Å². The third-order valence-corrected chi connectivity index (χ3v) is 5.60. The number of carbonyl (C=O) groups excluding carboxylic acids is 1. The zero-order chi connectivity index (χ0) is 22.3. The van der Waals surface area contributed by atoms with Crippen LogP contribution in [0.4, 0.5) is 8.78 Å². The maximum Gasteiger partial charge on any atom is 0.264 e. The molecule has 0 saturated carbocycles. The fourth-order valence-corrected chi connectivity index (χ4v) is 3.94. The van der Waals surface area contributed by atoms with Gasteiger partial charge in [-0.1, -0.05) is 25.9 Å². The van der Waals surface area contributed by atoms with Gasteiger partial charge in [-0.15, -0.1) is 0 Å². The lowest BCUT2D eigenvalue weighted by atomic mass is 9.92. The van der Waals surface area contributed by atoms with Crippen LogP contribution in [0, 0.1) is 6.92 Å². The minimum Gasteiger partial charge on any atom is -0.338 e. The van der Waals surface area contributed by atoms with Gasteiger partial charge in [0.1, 0.15) is 5.82 Å². The number of rotatable bonds is 3. The number of aromatic nitrogens is 4. The van der Waals surface area contributed by atoms with E-state index in [0.717, 1.165) is 12.8 Å². The number of likely N-dealkylation sites (tertiary alicyclic amines) is 1. The molecule has 0 N–H and O–H groups in total. The molecule has 3 aromatic rings. The lowest BCUT2D eigenvalue weighted by Crippen LogP contribution is -2.39. The first kappa shape index (κ1) is 21.3.